The topological polar surface area (TPSA) is 82.2 Å². The van der Waals surface area contributed by atoms with Crippen molar-refractivity contribution in [3.63, 3.8) is 0 Å². The molecule has 1 aliphatic heterocycles. The fraction of sp³-hybridized carbons (Fsp3) is 0.500. The molecule has 1 aliphatic rings. The van der Waals surface area contributed by atoms with E-state index in [1.807, 2.05) is 0 Å². The smallest absolute Gasteiger partial charge is 0.255 e. The number of carbonyl (C=O) groups excluding carboxylic acids is 1. The highest BCUT2D eigenvalue weighted by molar-refractivity contribution is 7.09. The number of aromatic nitrogens is 3. The van der Waals surface area contributed by atoms with Crippen molar-refractivity contribution in [2.45, 2.75) is 20.3 Å². The molecule has 0 bridgehead atoms. The molecular weight excluding hydrogens is 326 g/mol. The van der Waals surface area contributed by atoms with E-state index < -0.39 is 0 Å². The van der Waals surface area contributed by atoms with E-state index in [1.165, 1.54) is 23.8 Å². The van der Waals surface area contributed by atoms with Crippen LogP contribution in [0.15, 0.2) is 23.1 Å². The van der Waals surface area contributed by atoms with E-state index in [0.717, 1.165) is 30.5 Å². The van der Waals surface area contributed by atoms with Crippen LogP contribution < -0.4 is 10.5 Å². The standard InChI is InChI=1S/C16H21N5O2S/c1-11(2)9-13-18-16(24-19-13)21-7-5-20(6-8-21)15(23)12-3-4-14(22)17-10-12/h3-4,10-11H,5-9H2,1-2H3,(H,17,22). The van der Waals surface area contributed by atoms with E-state index in [-0.39, 0.29) is 11.5 Å². The maximum absolute atomic E-state index is 12.4. The van der Waals surface area contributed by atoms with Crippen molar-refractivity contribution in [2.24, 2.45) is 5.92 Å². The molecule has 2 aromatic rings. The van der Waals surface area contributed by atoms with Crippen LogP contribution in [-0.4, -0.2) is 51.3 Å². The summed E-state index contributed by atoms with van der Waals surface area (Å²) < 4.78 is 4.42. The number of hydrogen-bond acceptors (Lipinski definition) is 6. The number of amides is 1. The maximum atomic E-state index is 12.4. The molecule has 1 fully saturated rings. The van der Waals surface area contributed by atoms with Gasteiger partial charge >= 0.3 is 0 Å². The molecule has 2 aromatic heterocycles. The van der Waals surface area contributed by atoms with Crippen molar-refractivity contribution in [2.75, 3.05) is 31.1 Å². The van der Waals surface area contributed by atoms with Gasteiger partial charge in [-0.1, -0.05) is 13.8 Å². The van der Waals surface area contributed by atoms with Crippen LogP contribution in [0.1, 0.15) is 30.0 Å². The van der Waals surface area contributed by atoms with Crippen molar-refractivity contribution in [3.8, 4) is 0 Å². The number of anilines is 1. The van der Waals surface area contributed by atoms with Crippen molar-refractivity contribution in [1.82, 2.24) is 19.2 Å². The first-order chi connectivity index (χ1) is 11.5. The molecule has 3 heterocycles. The van der Waals surface area contributed by atoms with E-state index in [9.17, 15) is 9.59 Å². The van der Waals surface area contributed by atoms with Gasteiger partial charge in [0.15, 0.2) is 0 Å². The van der Waals surface area contributed by atoms with E-state index in [2.05, 4.69) is 33.1 Å². The first-order valence-electron chi connectivity index (χ1n) is 8.08. The van der Waals surface area contributed by atoms with Crippen LogP contribution in [0.4, 0.5) is 5.13 Å². The number of hydrogen-bond donors (Lipinski definition) is 1. The van der Waals surface area contributed by atoms with Gasteiger partial charge in [0, 0.05) is 56.4 Å². The Morgan fingerprint density at radius 3 is 2.67 bits per heavy atom. The second-order valence-electron chi connectivity index (χ2n) is 6.31. The number of aromatic amines is 1. The summed E-state index contributed by atoms with van der Waals surface area (Å²) in [5.41, 5.74) is 0.308. The number of rotatable bonds is 4. The number of pyridine rings is 1. The molecule has 0 aromatic carbocycles. The van der Waals surface area contributed by atoms with Gasteiger partial charge in [-0.05, 0) is 12.0 Å². The quantitative estimate of drug-likeness (QED) is 0.904. The minimum atomic E-state index is -0.204. The van der Waals surface area contributed by atoms with E-state index in [1.54, 1.807) is 11.0 Å². The van der Waals surface area contributed by atoms with Crippen molar-refractivity contribution in [3.05, 3.63) is 40.1 Å². The summed E-state index contributed by atoms with van der Waals surface area (Å²) in [6, 6.07) is 2.94. The van der Waals surface area contributed by atoms with Gasteiger partial charge in [0.05, 0.1) is 5.56 Å². The Hall–Kier alpha value is -2.22. The van der Waals surface area contributed by atoms with Crippen LogP contribution >= 0.6 is 11.5 Å². The number of nitrogens with one attached hydrogen (secondary N) is 1. The Balaban J connectivity index is 1.59. The normalized spacial score (nSPS) is 15.1. The monoisotopic (exact) mass is 347 g/mol. The molecule has 3 rings (SSSR count). The Morgan fingerprint density at radius 2 is 2.04 bits per heavy atom. The fourth-order valence-corrected chi connectivity index (χ4v) is 3.39. The van der Waals surface area contributed by atoms with Gasteiger partial charge in [-0.3, -0.25) is 9.59 Å². The molecule has 1 amide bonds. The summed E-state index contributed by atoms with van der Waals surface area (Å²) in [4.78, 5) is 34.7. The molecule has 0 radical (unpaired) electrons. The number of H-pyrrole nitrogens is 1. The van der Waals surface area contributed by atoms with E-state index in [0.29, 0.717) is 24.6 Å². The van der Waals surface area contributed by atoms with Gasteiger partial charge in [-0.2, -0.15) is 4.37 Å². The lowest BCUT2D eigenvalue weighted by Gasteiger charge is -2.34. The average Bonchev–Trinajstić information content (AvgIpc) is 3.03. The van der Waals surface area contributed by atoms with Crippen LogP contribution in [0.3, 0.4) is 0 Å². The number of carbonyl (C=O) groups is 1. The van der Waals surface area contributed by atoms with Crippen LogP contribution in [0.5, 0.6) is 0 Å². The van der Waals surface area contributed by atoms with Gasteiger partial charge < -0.3 is 14.8 Å². The minimum absolute atomic E-state index is 0.0522. The molecule has 7 nitrogen and oxygen atoms in total. The van der Waals surface area contributed by atoms with Gasteiger partial charge in [-0.15, -0.1) is 0 Å². The Kier molecular flexibility index (Phi) is 4.94. The van der Waals surface area contributed by atoms with Crippen LogP contribution in [0.2, 0.25) is 0 Å². The van der Waals surface area contributed by atoms with Crippen LogP contribution in [0, 0.1) is 5.92 Å². The summed E-state index contributed by atoms with van der Waals surface area (Å²) in [5.74, 6) is 1.39. The number of nitrogens with zero attached hydrogens (tertiary/aromatic N) is 4. The van der Waals surface area contributed by atoms with Gasteiger partial charge in [0.25, 0.3) is 5.91 Å². The predicted molar refractivity (Wildman–Crippen MR) is 93.6 cm³/mol. The first-order valence-corrected chi connectivity index (χ1v) is 8.86. The largest absolute Gasteiger partial charge is 0.343 e. The highest BCUT2D eigenvalue weighted by Crippen LogP contribution is 2.20. The molecular formula is C16H21N5O2S. The zero-order valence-corrected chi connectivity index (χ0v) is 14.7. The summed E-state index contributed by atoms with van der Waals surface area (Å²) in [6.07, 6.45) is 2.36. The molecule has 0 saturated carbocycles. The van der Waals surface area contributed by atoms with Gasteiger partial charge in [0.1, 0.15) is 5.82 Å². The number of piperazine rings is 1. The van der Waals surface area contributed by atoms with E-state index in [4.69, 9.17) is 0 Å². The molecule has 0 aliphatic carbocycles. The van der Waals surface area contributed by atoms with Crippen LogP contribution in [-0.2, 0) is 6.42 Å². The Bertz CT molecular complexity index is 741. The zero-order valence-electron chi connectivity index (χ0n) is 13.9. The van der Waals surface area contributed by atoms with Gasteiger partial charge in [-0.25, -0.2) is 4.98 Å². The maximum Gasteiger partial charge on any atom is 0.255 e. The highest BCUT2D eigenvalue weighted by atomic mass is 32.1. The molecule has 8 heteroatoms. The minimum Gasteiger partial charge on any atom is -0.343 e. The third kappa shape index (κ3) is 3.81. The molecule has 1 N–H and O–H groups in total. The van der Waals surface area contributed by atoms with Gasteiger partial charge in [0.2, 0.25) is 10.7 Å². The Morgan fingerprint density at radius 1 is 1.29 bits per heavy atom. The fourth-order valence-electron chi connectivity index (χ4n) is 2.65. The molecule has 24 heavy (non-hydrogen) atoms. The first kappa shape index (κ1) is 16.6. The second kappa shape index (κ2) is 7.12. The second-order valence-corrected chi connectivity index (χ2v) is 7.04. The molecule has 128 valence electrons. The third-order valence-electron chi connectivity index (χ3n) is 3.92. The average molecular weight is 347 g/mol. The SMILES string of the molecule is CC(C)Cc1nsc(N2CCN(C(=O)c3ccc(=O)[nH]c3)CC2)n1. The third-order valence-corrected chi connectivity index (χ3v) is 4.73. The zero-order chi connectivity index (χ0) is 17.1. The lowest BCUT2D eigenvalue weighted by Crippen LogP contribution is -2.48. The lowest BCUT2D eigenvalue weighted by molar-refractivity contribution is 0.0746. The highest BCUT2D eigenvalue weighted by Gasteiger charge is 2.24. The van der Waals surface area contributed by atoms with Crippen molar-refractivity contribution in [1.29, 1.82) is 0 Å². The molecule has 0 unspecified atom stereocenters. The summed E-state index contributed by atoms with van der Waals surface area (Å²) in [6.45, 7) is 7.06. The summed E-state index contributed by atoms with van der Waals surface area (Å²) in [5, 5.41) is 0.932. The van der Waals surface area contributed by atoms with Crippen LogP contribution in [0.25, 0.3) is 0 Å². The Labute approximate surface area is 144 Å². The van der Waals surface area contributed by atoms with Crippen molar-refractivity contribution < 1.29 is 4.79 Å². The molecule has 0 spiro atoms. The van der Waals surface area contributed by atoms with E-state index >= 15 is 0 Å². The molecule has 1 saturated heterocycles. The predicted octanol–water partition coefficient (Wildman–Crippen LogP) is 1.39. The summed E-state index contributed by atoms with van der Waals surface area (Å²) >= 11 is 1.43. The molecule has 0 atom stereocenters. The van der Waals surface area contributed by atoms with Crippen molar-refractivity contribution >= 4 is 22.6 Å². The summed E-state index contributed by atoms with van der Waals surface area (Å²) in [7, 11) is 0. The lowest BCUT2D eigenvalue weighted by atomic mass is 10.1.